The van der Waals surface area contributed by atoms with E-state index in [2.05, 4.69) is 73.5 Å². The molecule has 0 amide bonds. The Kier molecular flexibility index (Phi) is 13.5. The second-order valence-electron chi connectivity index (χ2n) is 9.89. The topological polar surface area (TPSA) is 58.1 Å². The quantitative estimate of drug-likeness (QED) is 0.248. The Bertz CT molecular complexity index is 672. The van der Waals surface area contributed by atoms with Gasteiger partial charge in [-0.3, -0.25) is 9.89 Å². The van der Waals surface area contributed by atoms with Crippen LogP contribution in [0, 0.1) is 5.41 Å². The number of guanidine groups is 1. The molecule has 0 bridgehead atoms. The molecule has 0 aromatic heterocycles. The Labute approximate surface area is 212 Å². The molecule has 1 aliphatic heterocycles. The van der Waals surface area contributed by atoms with Gasteiger partial charge in [-0.05, 0) is 62.8 Å². The van der Waals surface area contributed by atoms with E-state index in [1.165, 1.54) is 12.0 Å². The molecule has 7 heteroatoms. The van der Waals surface area contributed by atoms with Gasteiger partial charge < -0.3 is 20.1 Å². The van der Waals surface area contributed by atoms with Gasteiger partial charge in [0, 0.05) is 45.4 Å². The van der Waals surface area contributed by atoms with Crippen LogP contribution in [0.3, 0.4) is 0 Å². The standard InChI is InChI=1S/C25H44N4O2.HI/c1-20(10-13-25(2,3)4)28-24(26-5)27-19-21-8-7-9-23(18-21)31-17-14-29(6)22-11-15-30-16-12-22;/h7-9,18,20,22H,10-17,19H2,1-6H3,(H2,26,27,28);1H. The van der Waals surface area contributed by atoms with Crippen LogP contribution < -0.4 is 15.4 Å². The number of ether oxygens (including phenoxy) is 2. The molecule has 0 spiro atoms. The number of hydrogen-bond acceptors (Lipinski definition) is 4. The lowest BCUT2D eigenvalue weighted by molar-refractivity contribution is 0.0392. The minimum Gasteiger partial charge on any atom is -0.492 e. The molecule has 2 N–H and O–H groups in total. The third kappa shape index (κ3) is 11.7. The third-order valence-corrected chi connectivity index (χ3v) is 5.82. The molecule has 6 nitrogen and oxygen atoms in total. The molecule has 1 unspecified atom stereocenters. The second-order valence-corrected chi connectivity index (χ2v) is 9.89. The summed E-state index contributed by atoms with van der Waals surface area (Å²) in [5, 5.41) is 6.92. The van der Waals surface area contributed by atoms with E-state index < -0.39 is 0 Å². The molecule has 184 valence electrons. The van der Waals surface area contributed by atoms with E-state index in [1.807, 2.05) is 13.1 Å². The highest BCUT2D eigenvalue weighted by Crippen LogP contribution is 2.21. The maximum absolute atomic E-state index is 6.02. The van der Waals surface area contributed by atoms with Gasteiger partial charge in [0.1, 0.15) is 12.4 Å². The SMILES string of the molecule is CN=C(NCc1cccc(OCCN(C)C2CCOCC2)c1)NC(C)CCC(C)(C)C.I. The minimum absolute atomic E-state index is 0. The molecule has 1 aromatic carbocycles. The predicted octanol–water partition coefficient (Wildman–Crippen LogP) is 4.67. The van der Waals surface area contributed by atoms with E-state index in [0.717, 1.165) is 50.7 Å². The summed E-state index contributed by atoms with van der Waals surface area (Å²) in [5.74, 6) is 1.76. The first kappa shape index (κ1) is 29.0. The summed E-state index contributed by atoms with van der Waals surface area (Å²) in [6, 6.07) is 9.30. The molecular weight excluding hydrogens is 515 g/mol. The summed E-state index contributed by atoms with van der Waals surface area (Å²) in [5.41, 5.74) is 1.54. The summed E-state index contributed by atoms with van der Waals surface area (Å²) >= 11 is 0. The van der Waals surface area contributed by atoms with E-state index in [0.29, 0.717) is 30.7 Å². The van der Waals surface area contributed by atoms with Gasteiger partial charge in [0.2, 0.25) is 0 Å². The second kappa shape index (κ2) is 15.0. The van der Waals surface area contributed by atoms with Crippen molar-refractivity contribution in [1.82, 2.24) is 15.5 Å². The van der Waals surface area contributed by atoms with Gasteiger partial charge in [-0.25, -0.2) is 0 Å². The van der Waals surface area contributed by atoms with Crippen LogP contribution in [0.25, 0.3) is 0 Å². The van der Waals surface area contributed by atoms with Crippen LogP contribution in [0.4, 0.5) is 0 Å². The van der Waals surface area contributed by atoms with Crippen molar-refractivity contribution in [2.24, 2.45) is 10.4 Å². The van der Waals surface area contributed by atoms with Crippen molar-refractivity contribution < 1.29 is 9.47 Å². The molecule has 0 radical (unpaired) electrons. The zero-order chi connectivity index (χ0) is 22.7. The summed E-state index contributed by atoms with van der Waals surface area (Å²) in [6.07, 6.45) is 4.53. The van der Waals surface area contributed by atoms with E-state index in [-0.39, 0.29) is 24.0 Å². The van der Waals surface area contributed by atoms with Gasteiger partial charge >= 0.3 is 0 Å². The van der Waals surface area contributed by atoms with Crippen molar-refractivity contribution in [3.63, 3.8) is 0 Å². The third-order valence-electron chi connectivity index (χ3n) is 5.82. The van der Waals surface area contributed by atoms with Crippen LogP contribution in [0.2, 0.25) is 0 Å². The largest absolute Gasteiger partial charge is 0.492 e. The molecule has 1 saturated heterocycles. The molecular formula is C25H45IN4O2. The van der Waals surface area contributed by atoms with Gasteiger partial charge in [-0.15, -0.1) is 24.0 Å². The smallest absolute Gasteiger partial charge is 0.191 e. The molecule has 1 heterocycles. The van der Waals surface area contributed by atoms with Crippen molar-refractivity contribution >= 4 is 29.9 Å². The lowest BCUT2D eigenvalue weighted by atomic mass is 9.89. The van der Waals surface area contributed by atoms with E-state index in [1.54, 1.807) is 0 Å². The number of rotatable bonds is 10. The number of nitrogens with one attached hydrogen (secondary N) is 2. The number of nitrogens with zero attached hydrogens (tertiary/aromatic N) is 2. The summed E-state index contributed by atoms with van der Waals surface area (Å²) in [7, 11) is 4.00. The first-order valence-electron chi connectivity index (χ1n) is 11.7. The molecule has 32 heavy (non-hydrogen) atoms. The van der Waals surface area contributed by atoms with Crippen molar-refractivity contribution in [3.05, 3.63) is 29.8 Å². The number of aliphatic imine (C=N–C) groups is 1. The highest BCUT2D eigenvalue weighted by Gasteiger charge is 2.18. The van der Waals surface area contributed by atoms with Crippen molar-refractivity contribution in [3.8, 4) is 5.75 Å². The molecule has 0 aliphatic carbocycles. The summed E-state index contributed by atoms with van der Waals surface area (Å²) in [4.78, 5) is 6.77. The van der Waals surface area contributed by atoms with E-state index in [9.17, 15) is 0 Å². The van der Waals surface area contributed by atoms with Gasteiger partial charge in [0.15, 0.2) is 5.96 Å². The van der Waals surface area contributed by atoms with Gasteiger partial charge in [0.25, 0.3) is 0 Å². The first-order valence-corrected chi connectivity index (χ1v) is 11.7. The average Bonchev–Trinajstić information content (AvgIpc) is 2.75. The summed E-state index contributed by atoms with van der Waals surface area (Å²) in [6.45, 7) is 13.1. The molecule has 2 rings (SSSR count). The van der Waals surface area contributed by atoms with Crippen LogP contribution in [-0.2, 0) is 11.3 Å². The predicted molar refractivity (Wildman–Crippen MR) is 145 cm³/mol. The van der Waals surface area contributed by atoms with Crippen molar-refractivity contribution in [2.45, 2.75) is 72.0 Å². The fraction of sp³-hybridized carbons (Fsp3) is 0.720. The normalized spacial score (nSPS) is 16.4. The fourth-order valence-corrected chi connectivity index (χ4v) is 3.70. The Morgan fingerprint density at radius 3 is 2.66 bits per heavy atom. The van der Waals surface area contributed by atoms with Crippen molar-refractivity contribution in [1.29, 1.82) is 0 Å². The lowest BCUT2D eigenvalue weighted by Crippen LogP contribution is -2.42. The van der Waals surface area contributed by atoms with E-state index >= 15 is 0 Å². The minimum atomic E-state index is 0. The van der Waals surface area contributed by atoms with Crippen LogP contribution in [0.15, 0.2) is 29.3 Å². The molecule has 0 saturated carbocycles. The van der Waals surface area contributed by atoms with Crippen molar-refractivity contribution in [2.75, 3.05) is 40.5 Å². The Hall–Kier alpha value is -1.06. The monoisotopic (exact) mass is 560 g/mol. The highest BCUT2D eigenvalue weighted by molar-refractivity contribution is 14.0. The fourth-order valence-electron chi connectivity index (χ4n) is 3.70. The van der Waals surface area contributed by atoms with Crippen LogP contribution in [0.5, 0.6) is 5.75 Å². The van der Waals surface area contributed by atoms with Gasteiger partial charge in [0.05, 0.1) is 0 Å². The molecule has 1 aromatic rings. The Morgan fingerprint density at radius 2 is 2.00 bits per heavy atom. The van der Waals surface area contributed by atoms with Crippen LogP contribution >= 0.6 is 24.0 Å². The Morgan fingerprint density at radius 1 is 1.28 bits per heavy atom. The number of hydrogen-bond donors (Lipinski definition) is 2. The van der Waals surface area contributed by atoms with Crippen LogP contribution in [-0.4, -0.2) is 63.4 Å². The van der Waals surface area contributed by atoms with Gasteiger partial charge in [-0.2, -0.15) is 0 Å². The zero-order valence-corrected chi connectivity index (χ0v) is 23.3. The number of halogens is 1. The maximum atomic E-state index is 6.02. The average molecular weight is 561 g/mol. The summed E-state index contributed by atoms with van der Waals surface area (Å²) < 4.78 is 11.5. The first-order chi connectivity index (χ1) is 14.8. The molecule has 1 fully saturated rings. The Balaban J connectivity index is 0.00000512. The molecule has 1 atom stereocenters. The highest BCUT2D eigenvalue weighted by atomic mass is 127. The van der Waals surface area contributed by atoms with Gasteiger partial charge in [-0.1, -0.05) is 32.9 Å². The van der Waals surface area contributed by atoms with E-state index in [4.69, 9.17) is 9.47 Å². The number of likely N-dealkylation sites (N-methyl/N-ethyl adjacent to an activating group) is 1. The number of benzene rings is 1. The molecule has 1 aliphatic rings. The van der Waals surface area contributed by atoms with Crippen LogP contribution in [0.1, 0.15) is 58.9 Å². The maximum Gasteiger partial charge on any atom is 0.191 e. The zero-order valence-electron chi connectivity index (χ0n) is 20.9. The lowest BCUT2D eigenvalue weighted by Gasteiger charge is -2.31.